The molecule has 1 heterocycles. The molecule has 0 aromatic heterocycles. The van der Waals surface area contributed by atoms with Crippen LogP contribution in [0.25, 0.3) is 6.08 Å². The van der Waals surface area contributed by atoms with Crippen LogP contribution in [-0.2, 0) is 9.59 Å². The molecule has 1 amide bonds. The molecule has 0 fully saturated rings. The zero-order valence-corrected chi connectivity index (χ0v) is 14.6. The first-order valence-electron chi connectivity index (χ1n) is 7.75. The van der Waals surface area contributed by atoms with Crippen LogP contribution < -0.4 is 14.9 Å². The van der Waals surface area contributed by atoms with E-state index in [-0.39, 0.29) is 5.91 Å². The van der Waals surface area contributed by atoms with Crippen LogP contribution in [0.5, 0.6) is 5.75 Å². The molecule has 26 heavy (non-hydrogen) atoms. The van der Waals surface area contributed by atoms with Crippen molar-refractivity contribution in [2.24, 2.45) is 5.10 Å². The zero-order chi connectivity index (χ0) is 18.7. The monoisotopic (exact) mass is 369 g/mol. The van der Waals surface area contributed by atoms with Gasteiger partial charge in [-0.3, -0.25) is 4.79 Å². The number of anilines is 1. The first-order chi connectivity index (χ1) is 12.5. The number of aliphatic carboxylic acids is 1. The Labute approximate surface area is 155 Å². The van der Waals surface area contributed by atoms with Crippen LogP contribution in [0.3, 0.4) is 0 Å². The highest BCUT2D eigenvalue weighted by atomic mass is 35.5. The Balaban J connectivity index is 1.94. The summed E-state index contributed by atoms with van der Waals surface area (Å²) < 4.78 is 5.22. The Bertz CT molecular complexity index is 937. The van der Waals surface area contributed by atoms with Crippen molar-refractivity contribution in [1.82, 2.24) is 0 Å². The topological polar surface area (TPSA) is 82.0 Å². The number of ether oxygens (including phenoxy) is 1. The molecule has 0 saturated carbocycles. The van der Waals surface area contributed by atoms with Crippen LogP contribution in [0.1, 0.15) is 12.5 Å². The molecule has 2 aromatic carbocycles. The van der Waals surface area contributed by atoms with Crippen molar-refractivity contribution in [3.8, 4) is 5.75 Å². The SMILES string of the molecule is CC1=NN(c2ccccc2Cl)C(=O)/C1=C\c1ccccc1OCC(=O)[O-]. The van der Waals surface area contributed by atoms with E-state index >= 15 is 0 Å². The zero-order valence-electron chi connectivity index (χ0n) is 13.8. The van der Waals surface area contributed by atoms with E-state index in [0.717, 1.165) is 0 Å². The minimum Gasteiger partial charge on any atom is -0.546 e. The molecule has 2 aromatic rings. The van der Waals surface area contributed by atoms with E-state index in [9.17, 15) is 14.7 Å². The molecular formula is C19H14ClN2O4-. The summed E-state index contributed by atoms with van der Waals surface area (Å²) in [6.45, 7) is 1.14. The third-order valence-electron chi connectivity index (χ3n) is 3.71. The van der Waals surface area contributed by atoms with Crippen molar-refractivity contribution < 1.29 is 19.4 Å². The van der Waals surface area contributed by atoms with Crippen molar-refractivity contribution in [3.63, 3.8) is 0 Å². The lowest BCUT2D eigenvalue weighted by Gasteiger charge is -2.13. The fourth-order valence-corrected chi connectivity index (χ4v) is 2.71. The van der Waals surface area contributed by atoms with Crippen LogP contribution in [-0.4, -0.2) is 24.2 Å². The van der Waals surface area contributed by atoms with Gasteiger partial charge < -0.3 is 14.6 Å². The maximum atomic E-state index is 12.8. The average molecular weight is 370 g/mol. The molecule has 0 bridgehead atoms. The van der Waals surface area contributed by atoms with E-state index in [0.29, 0.717) is 33.3 Å². The third kappa shape index (κ3) is 3.60. The van der Waals surface area contributed by atoms with Crippen LogP contribution in [0, 0.1) is 0 Å². The molecule has 6 nitrogen and oxygen atoms in total. The van der Waals surface area contributed by atoms with E-state index in [2.05, 4.69) is 5.10 Å². The molecule has 0 radical (unpaired) electrons. The normalized spacial score (nSPS) is 15.3. The summed E-state index contributed by atoms with van der Waals surface area (Å²) >= 11 is 6.16. The Kier molecular flexibility index (Phi) is 5.04. The number of hydrazone groups is 1. The summed E-state index contributed by atoms with van der Waals surface area (Å²) in [5.74, 6) is -1.32. The van der Waals surface area contributed by atoms with Gasteiger partial charge >= 0.3 is 0 Å². The minimum absolute atomic E-state index is 0.328. The van der Waals surface area contributed by atoms with Crippen molar-refractivity contribution in [2.75, 3.05) is 11.6 Å². The predicted octanol–water partition coefficient (Wildman–Crippen LogP) is 2.27. The Morgan fingerprint density at radius 3 is 2.65 bits per heavy atom. The molecule has 0 N–H and O–H groups in total. The van der Waals surface area contributed by atoms with E-state index in [4.69, 9.17) is 16.3 Å². The Morgan fingerprint density at radius 1 is 1.23 bits per heavy atom. The van der Waals surface area contributed by atoms with Crippen LogP contribution in [0.15, 0.2) is 59.2 Å². The number of rotatable bonds is 5. The maximum Gasteiger partial charge on any atom is 0.280 e. The van der Waals surface area contributed by atoms with Gasteiger partial charge in [-0.2, -0.15) is 10.1 Å². The third-order valence-corrected chi connectivity index (χ3v) is 4.03. The number of nitrogens with zero attached hydrogens (tertiary/aromatic N) is 2. The largest absolute Gasteiger partial charge is 0.546 e. The summed E-state index contributed by atoms with van der Waals surface area (Å²) in [7, 11) is 0. The van der Waals surface area contributed by atoms with Gasteiger partial charge in [-0.15, -0.1) is 0 Å². The van der Waals surface area contributed by atoms with E-state index < -0.39 is 12.6 Å². The smallest absolute Gasteiger partial charge is 0.280 e. The van der Waals surface area contributed by atoms with Crippen LogP contribution >= 0.6 is 11.6 Å². The van der Waals surface area contributed by atoms with Gasteiger partial charge in [-0.25, -0.2) is 0 Å². The molecular weight excluding hydrogens is 356 g/mol. The molecule has 1 aliphatic rings. The molecule has 0 unspecified atom stereocenters. The van der Waals surface area contributed by atoms with Gasteiger partial charge in [-0.05, 0) is 31.2 Å². The summed E-state index contributed by atoms with van der Waals surface area (Å²) in [5.41, 5.74) is 1.94. The minimum atomic E-state index is -1.33. The summed E-state index contributed by atoms with van der Waals surface area (Å²) in [6, 6.07) is 13.7. The second kappa shape index (κ2) is 7.41. The molecule has 7 heteroatoms. The van der Waals surface area contributed by atoms with E-state index in [1.165, 1.54) is 5.01 Å². The Hall–Kier alpha value is -3.12. The number of hydrogen-bond acceptors (Lipinski definition) is 5. The van der Waals surface area contributed by atoms with Gasteiger partial charge in [-0.1, -0.05) is 41.9 Å². The fraction of sp³-hybridized carbons (Fsp3) is 0.105. The van der Waals surface area contributed by atoms with E-state index in [1.807, 2.05) is 0 Å². The molecule has 3 rings (SSSR count). The number of carbonyl (C=O) groups excluding carboxylic acids is 2. The number of carbonyl (C=O) groups is 2. The number of hydrogen-bond donors (Lipinski definition) is 0. The maximum absolute atomic E-state index is 12.8. The molecule has 0 spiro atoms. The summed E-state index contributed by atoms with van der Waals surface area (Å²) in [6.07, 6.45) is 1.61. The molecule has 0 saturated heterocycles. The lowest BCUT2D eigenvalue weighted by molar-refractivity contribution is -0.307. The summed E-state index contributed by atoms with van der Waals surface area (Å²) in [4.78, 5) is 23.4. The number of benzene rings is 2. The Morgan fingerprint density at radius 2 is 1.92 bits per heavy atom. The van der Waals surface area contributed by atoms with Gasteiger partial charge in [0.15, 0.2) is 0 Å². The lowest BCUT2D eigenvalue weighted by atomic mass is 10.1. The highest BCUT2D eigenvalue weighted by Gasteiger charge is 2.30. The van der Waals surface area contributed by atoms with Gasteiger partial charge in [0.1, 0.15) is 12.4 Å². The fourth-order valence-electron chi connectivity index (χ4n) is 2.49. The number of carboxylic acid groups (broad SMARTS) is 1. The highest BCUT2D eigenvalue weighted by molar-refractivity contribution is 6.37. The van der Waals surface area contributed by atoms with Gasteiger partial charge in [0, 0.05) is 5.56 Å². The van der Waals surface area contributed by atoms with Crippen molar-refractivity contribution in [3.05, 3.63) is 64.7 Å². The molecule has 0 aliphatic carbocycles. The van der Waals surface area contributed by atoms with Crippen LogP contribution in [0.4, 0.5) is 5.69 Å². The summed E-state index contributed by atoms with van der Waals surface area (Å²) in [5, 5.41) is 16.6. The van der Waals surface area contributed by atoms with Crippen molar-refractivity contribution in [1.29, 1.82) is 0 Å². The van der Waals surface area contributed by atoms with Crippen molar-refractivity contribution >= 4 is 41.0 Å². The van der Waals surface area contributed by atoms with E-state index in [1.54, 1.807) is 61.5 Å². The molecule has 0 atom stereocenters. The van der Waals surface area contributed by atoms with Gasteiger partial charge in [0.25, 0.3) is 5.91 Å². The first kappa shape index (κ1) is 17.7. The van der Waals surface area contributed by atoms with Crippen LogP contribution in [0.2, 0.25) is 5.02 Å². The lowest BCUT2D eigenvalue weighted by Crippen LogP contribution is -2.29. The molecule has 1 aliphatic heterocycles. The average Bonchev–Trinajstić information content (AvgIpc) is 2.89. The first-order valence-corrected chi connectivity index (χ1v) is 8.13. The van der Waals surface area contributed by atoms with Gasteiger partial charge in [0.05, 0.1) is 28.0 Å². The van der Waals surface area contributed by atoms with Gasteiger partial charge in [0.2, 0.25) is 0 Å². The highest BCUT2D eigenvalue weighted by Crippen LogP contribution is 2.31. The number of amides is 1. The molecule has 132 valence electrons. The number of halogens is 1. The number of para-hydroxylation sites is 2. The second-order valence-electron chi connectivity index (χ2n) is 5.51. The standard InChI is InChI=1S/C19H15ClN2O4/c1-12-14(10-13-6-2-5-9-17(13)26-11-18(23)24)19(25)22(21-12)16-8-4-3-7-15(16)20/h2-10H,11H2,1H3,(H,23,24)/p-1/b14-10-. The second-order valence-corrected chi connectivity index (χ2v) is 5.92. The quantitative estimate of drug-likeness (QED) is 0.757. The van der Waals surface area contributed by atoms with Crippen molar-refractivity contribution in [2.45, 2.75) is 6.92 Å². The predicted molar refractivity (Wildman–Crippen MR) is 97.0 cm³/mol. The number of carboxylic acids is 1.